The summed E-state index contributed by atoms with van der Waals surface area (Å²) in [5, 5.41) is 3.23. The molecule has 1 aromatic heterocycles. The molecule has 1 atom stereocenters. The Labute approximate surface area is 137 Å². The third kappa shape index (κ3) is 3.10. The number of methoxy groups -OCH3 is 1. The first-order chi connectivity index (χ1) is 11.1. The zero-order valence-corrected chi connectivity index (χ0v) is 13.7. The molecule has 3 rings (SSSR count). The molecule has 0 unspecified atom stereocenters. The zero-order chi connectivity index (χ0) is 16.4. The van der Waals surface area contributed by atoms with E-state index < -0.39 is 0 Å². The number of carbonyl (C=O) groups is 1. The molecule has 0 aliphatic carbocycles. The highest BCUT2D eigenvalue weighted by molar-refractivity contribution is 7.99. The number of thioether (sulfide) groups is 1. The van der Waals surface area contributed by atoms with Crippen molar-refractivity contribution in [1.82, 2.24) is 9.97 Å². The van der Waals surface area contributed by atoms with E-state index in [0.717, 1.165) is 17.1 Å². The molecule has 0 fully saturated rings. The largest absolute Gasteiger partial charge is 0.497 e. The number of hydrogen-bond acceptors (Lipinski definition) is 5. The van der Waals surface area contributed by atoms with E-state index in [9.17, 15) is 9.59 Å². The van der Waals surface area contributed by atoms with Gasteiger partial charge in [-0.1, -0.05) is 30.8 Å². The lowest BCUT2D eigenvalue weighted by molar-refractivity contribution is -0.116. The van der Waals surface area contributed by atoms with E-state index in [-0.39, 0.29) is 23.8 Å². The quantitative estimate of drug-likeness (QED) is 0.664. The summed E-state index contributed by atoms with van der Waals surface area (Å²) in [6.45, 7) is 1.98. The van der Waals surface area contributed by atoms with E-state index in [0.29, 0.717) is 16.5 Å². The molecule has 0 bridgehead atoms. The molecule has 0 radical (unpaired) electrons. The minimum Gasteiger partial charge on any atom is -0.497 e. The lowest BCUT2D eigenvalue weighted by Crippen LogP contribution is -2.31. The topological polar surface area (TPSA) is 84.1 Å². The van der Waals surface area contributed by atoms with Crippen LogP contribution in [0.2, 0.25) is 0 Å². The number of aromatic amines is 1. The van der Waals surface area contributed by atoms with Gasteiger partial charge in [0, 0.05) is 12.3 Å². The van der Waals surface area contributed by atoms with Gasteiger partial charge in [0.25, 0.3) is 5.56 Å². The second-order valence-electron chi connectivity index (χ2n) is 5.14. The molecule has 6 nitrogen and oxygen atoms in total. The Morgan fingerprint density at radius 2 is 2.04 bits per heavy atom. The number of aromatic nitrogens is 2. The molecule has 1 aliphatic rings. The number of carbonyl (C=O) groups excluding carboxylic acids is 1. The van der Waals surface area contributed by atoms with Crippen molar-refractivity contribution in [1.29, 1.82) is 0 Å². The molecular weight excluding hydrogens is 314 g/mol. The monoisotopic (exact) mass is 331 g/mol. The van der Waals surface area contributed by atoms with E-state index in [1.165, 1.54) is 11.8 Å². The maximum Gasteiger partial charge on any atom is 0.257 e. The Balaban J connectivity index is 2.07. The van der Waals surface area contributed by atoms with Crippen LogP contribution in [-0.2, 0) is 4.79 Å². The normalized spacial score (nSPS) is 16.6. The summed E-state index contributed by atoms with van der Waals surface area (Å²) in [4.78, 5) is 31.7. The van der Waals surface area contributed by atoms with Crippen molar-refractivity contribution in [3.63, 3.8) is 0 Å². The molecule has 2 aromatic rings. The van der Waals surface area contributed by atoms with E-state index in [2.05, 4.69) is 15.3 Å². The summed E-state index contributed by atoms with van der Waals surface area (Å²) in [5.74, 6) is 1.44. The summed E-state index contributed by atoms with van der Waals surface area (Å²) in [5.41, 5.74) is 1.20. The molecule has 0 saturated carbocycles. The van der Waals surface area contributed by atoms with Crippen LogP contribution in [-0.4, -0.2) is 28.7 Å². The van der Waals surface area contributed by atoms with Gasteiger partial charge in [0.15, 0.2) is 5.16 Å². The number of amides is 1. The van der Waals surface area contributed by atoms with E-state index in [1.807, 2.05) is 31.2 Å². The summed E-state index contributed by atoms with van der Waals surface area (Å²) in [6, 6.07) is 7.40. The third-order valence-corrected chi connectivity index (χ3v) is 4.48. The molecular formula is C16H17N3O3S. The molecule has 1 aromatic carbocycles. The minimum atomic E-state index is -0.304. The van der Waals surface area contributed by atoms with Crippen LogP contribution in [0, 0.1) is 0 Å². The Hall–Kier alpha value is -2.28. The van der Waals surface area contributed by atoms with Crippen LogP contribution in [0.15, 0.2) is 34.2 Å². The number of H-pyrrole nitrogens is 1. The first kappa shape index (κ1) is 15.6. The maximum absolute atomic E-state index is 12.5. The van der Waals surface area contributed by atoms with Crippen LogP contribution in [0.25, 0.3) is 0 Å². The van der Waals surface area contributed by atoms with E-state index in [1.54, 1.807) is 7.11 Å². The average Bonchev–Trinajstić information content (AvgIpc) is 2.54. The van der Waals surface area contributed by atoms with Crippen molar-refractivity contribution in [3.8, 4) is 5.75 Å². The summed E-state index contributed by atoms with van der Waals surface area (Å²) in [7, 11) is 1.60. The van der Waals surface area contributed by atoms with Gasteiger partial charge in [0.1, 0.15) is 11.6 Å². The molecule has 1 aliphatic heterocycles. The van der Waals surface area contributed by atoms with Crippen molar-refractivity contribution in [2.45, 2.75) is 24.4 Å². The second-order valence-corrected chi connectivity index (χ2v) is 6.40. The maximum atomic E-state index is 12.5. The van der Waals surface area contributed by atoms with Gasteiger partial charge >= 0.3 is 0 Å². The van der Waals surface area contributed by atoms with Gasteiger partial charge in [0.05, 0.1) is 12.7 Å². The van der Waals surface area contributed by atoms with Crippen molar-refractivity contribution in [3.05, 3.63) is 45.7 Å². The minimum absolute atomic E-state index is 0.135. The lowest BCUT2D eigenvalue weighted by Gasteiger charge is -2.24. The molecule has 0 spiro atoms. The number of nitrogens with one attached hydrogen (secondary N) is 2. The van der Waals surface area contributed by atoms with Crippen LogP contribution in [0.5, 0.6) is 5.75 Å². The third-order valence-electron chi connectivity index (χ3n) is 3.73. The zero-order valence-electron chi connectivity index (χ0n) is 12.9. The highest BCUT2D eigenvalue weighted by atomic mass is 32.2. The summed E-state index contributed by atoms with van der Waals surface area (Å²) >= 11 is 1.43. The Morgan fingerprint density at radius 1 is 1.30 bits per heavy atom. The summed E-state index contributed by atoms with van der Waals surface area (Å²) < 4.78 is 5.15. The highest BCUT2D eigenvalue weighted by Gasteiger charge is 2.30. The predicted octanol–water partition coefficient (Wildman–Crippen LogP) is 2.36. The second kappa shape index (κ2) is 6.45. The number of ether oxygens (including phenoxy) is 1. The fourth-order valence-electron chi connectivity index (χ4n) is 2.68. The summed E-state index contributed by atoms with van der Waals surface area (Å²) in [6.07, 6.45) is 0.227. The standard InChI is InChI=1S/C16H17N3O3S/c1-3-23-16-18-14-13(15(21)19-16)11(8-12(20)17-14)9-4-6-10(22-2)7-5-9/h4-7,11H,3,8H2,1-2H3,(H2,17,18,19,20,21)/t11-/m0/s1. The molecule has 7 heteroatoms. The molecule has 120 valence electrons. The van der Waals surface area contributed by atoms with Gasteiger partial charge in [-0.2, -0.15) is 0 Å². The average molecular weight is 331 g/mol. The first-order valence-electron chi connectivity index (χ1n) is 7.33. The molecule has 1 amide bonds. The predicted molar refractivity (Wildman–Crippen MR) is 89.3 cm³/mol. The van der Waals surface area contributed by atoms with Gasteiger partial charge < -0.3 is 15.0 Å². The number of hydrogen-bond donors (Lipinski definition) is 2. The number of fused-ring (bicyclic) bond motifs is 1. The Morgan fingerprint density at radius 3 is 2.70 bits per heavy atom. The van der Waals surface area contributed by atoms with E-state index >= 15 is 0 Å². The number of rotatable bonds is 4. The number of anilines is 1. The molecule has 0 saturated heterocycles. The fourth-order valence-corrected chi connectivity index (χ4v) is 3.27. The van der Waals surface area contributed by atoms with Crippen LogP contribution >= 0.6 is 11.8 Å². The van der Waals surface area contributed by atoms with Crippen molar-refractivity contribution in [2.75, 3.05) is 18.2 Å². The van der Waals surface area contributed by atoms with Crippen LogP contribution in [0.1, 0.15) is 30.4 Å². The van der Waals surface area contributed by atoms with Gasteiger partial charge in [-0.3, -0.25) is 9.59 Å². The highest BCUT2D eigenvalue weighted by Crippen LogP contribution is 2.34. The van der Waals surface area contributed by atoms with Gasteiger partial charge in [-0.05, 0) is 23.4 Å². The van der Waals surface area contributed by atoms with Crippen LogP contribution < -0.4 is 15.6 Å². The number of nitrogens with zero attached hydrogens (tertiary/aromatic N) is 1. The van der Waals surface area contributed by atoms with Crippen molar-refractivity contribution in [2.24, 2.45) is 0 Å². The van der Waals surface area contributed by atoms with Crippen molar-refractivity contribution >= 4 is 23.5 Å². The van der Waals surface area contributed by atoms with Gasteiger partial charge in [-0.25, -0.2) is 4.98 Å². The number of benzene rings is 1. The van der Waals surface area contributed by atoms with Gasteiger partial charge in [-0.15, -0.1) is 0 Å². The first-order valence-corrected chi connectivity index (χ1v) is 8.31. The fraction of sp³-hybridized carbons (Fsp3) is 0.312. The van der Waals surface area contributed by atoms with Crippen LogP contribution in [0.4, 0.5) is 5.82 Å². The lowest BCUT2D eigenvalue weighted by atomic mass is 9.87. The molecule has 2 heterocycles. The van der Waals surface area contributed by atoms with Gasteiger partial charge in [0.2, 0.25) is 5.91 Å². The Kier molecular flexibility index (Phi) is 4.38. The van der Waals surface area contributed by atoms with E-state index in [4.69, 9.17) is 4.74 Å². The van der Waals surface area contributed by atoms with Crippen molar-refractivity contribution < 1.29 is 9.53 Å². The molecule has 2 N–H and O–H groups in total. The smallest absolute Gasteiger partial charge is 0.257 e. The SMILES string of the molecule is CCSc1nc2c(c(=O)[nH]1)[C@H](c1ccc(OC)cc1)CC(=O)N2. The van der Waals surface area contributed by atoms with Crippen LogP contribution in [0.3, 0.4) is 0 Å². The Bertz CT molecular complexity index is 786. The molecule has 23 heavy (non-hydrogen) atoms.